The average Bonchev–Trinajstić information content (AvgIpc) is 3.28. The van der Waals surface area contributed by atoms with E-state index in [2.05, 4.69) is 25.3 Å². The van der Waals surface area contributed by atoms with E-state index in [0.29, 0.717) is 45.2 Å². The first-order chi connectivity index (χ1) is 15.6. The summed E-state index contributed by atoms with van der Waals surface area (Å²) in [6.07, 6.45) is 3.61. The predicted molar refractivity (Wildman–Crippen MR) is 123 cm³/mol. The molecule has 9 heteroatoms. The first-order valence-corrected chi connectivity index (χ1v) is 10.5. The van der Waals surface area contributed by atoms with Crippen LogP contribution in [-0.2, 0) is 0 Å². The maximum absolute atomic E-state index is 14.6. The normalized spacial score (nSPS) is 12.3. The Bertz CT molecular complexity index is 1490. The summed E-state index contributed by atoms with van der Waals surface area (Å²) in [5.41, 5.74) is 2.03. The SMILES string of the molecule is CC[C@H](Nc1ncnc2nc[nH]c12)c1cc2cccc(F)c2c(=O)n1-c1ccc(Cl)cc1. The maximum Gasteiger partial charge on any atom is 0.266 e. The summed E-state index contributed by atoms with van der Waals surface area (Å²) in [4.78, 5) is 29.2. The molecule has 1 atom stereocenters. The van der Waals surface area contributed by atoms with E-state index in [-0.39, 0.29) is 11.4 Å². The number of halogens is 2. The van der Waals surface area contributed by atoms with Gasteiger partial charge in [-0.3, -0.25) is 9.36 Å². The van der Waals surface area contributed by atoms with Crippen LogP contribution >= 0.6 is 11.6 Å². The lowest BCUT2D eigenvalue weighted by Crippen LogP contribution is -2.27. The van der Waals surface area contributed by atoms with Gasteiger partial charge in [0.1, 0.15) is 17.7 Å². The molecule has 0 saturated heterocycles. The summed E-state index contributed by atoms with van der Waals surface area (Å²) in [5.74, 6) is 0.00605. The number of H-pyrrole nitrogens is 1. The van der Waals surface area contributed by atoms with Crippen LogP contribution in [0.25, 0.3) is 27.6 Å². The largest absolute Gasteiger partial charge is 0.360 e. The van der Waals surface area contributed by atoms with Gasteiger partial charge in [0, 0.05) is 16.4 Å². The molecule has 160 valence electrons. The Hall–Kier alpha value is -3.78. The van der Waals surface area contributed by atoms with Crippen molar-refractivity contribution in [1.29, 1.82) is 0 Å². The number of hydrogen-bond acceptors (Lipinski definition) is 5. The number of hydrogen-bond donors (Lipinski definition) is 2. The fraction of sp³-hybridized carbons (Fsp3) is 0.130. The second-order valence-corrected chi connectivity index (χ2v) is 7.76. The van der Waals surface area contributed by atoms with Crippen LogP contribution in [0.1, 0.15) is 25.1 Å². The molecule has 0 radical (unpaired) electrons. The molecule has 3 heterocycles. The number of nitrogens with one attached hydrogen (secondary N) is 2. The fourth-order valence-corrected chi connectivity index (χ4v) is 4.00. The van der Waals surface area contributed by atoms with Gasteiger partial charge in [-0.15, -0.1) is 0 Å². The minimum Gasteiger partial charge on any atom is -0.360 e. The van der Waals surface area contributed by atoms with Gasteiger partial charge in [-0.25, -0.2) is 19.3 Å². The summed E-state index contributed by atoms with van der Waals surface area (Å²) in [6, 6.07) is 13.0. The summed E-state index contributed by atoms with van der Waals surface area (Å²) in [7, 11) is 0. The van der Waals surface area contributed by atoms with Gasteiger partial charge in [-0.1, -0.05) is 30.7 Å². The second kappa shape index (κ2) is 8.05. The quantitative estimate of drug-likeness (QED) is 0.394. The van der Waals surface area contributed by atoms with E-state index in [9.17, 15) is 9.18 Å². The van der Waals surface area contributed by atoms with Crippen molar-refractivity contribution in [2.75, 3.05) is 5.32 Å². The molecule has 0 aliphatic rings. The van der Waals surface area contributed by atoms with Crippen LogP contribution < -0.4 is 10.9 Å². The standard InChI is InChI=1S/C23H18ClFN6O/c1-2-17(30-22-20-21(27-11-26-20)28-12-29-22)18-10-13-4-3-5-16(25)19(13)23(32)31(18)15-8-6-14(24)7-9-15/h3-12,17H,2H2,1H3,(H2,26,27,28,29,30)/t17-/m0/s1. The molecular formula is C23H18ClFN6O. The van der Waals surface area contributed by atoms with E-state index < -0.39 is 11.4 Å². The highest BCUT2D eigenvalue weighted by molar-refractivity contribution is 6.30. The Morgan fingerprint density at radius 1 is 1.16 bits per heavy atom. The molecule has 3 aromatic heterocycles. The summed E-state index contributed by atoms with van der Waals surface area (Å²) in [6.45, 7) is 2.00. The Morgan fingerprint density at radius 3 is 2.75 bits per heavy atom. The van der Waals surface area contributed by atoms with E-state index in [1.807, 2.05) is 13.0 Å². The van der Waals surface area contributed by atoms with E-state index in [1.54, 1.807) is 42.7 Å². The zero-order chi connectivity index (χ0) is 22.2. The number of aromatic nitrogens is 5. The molecule has 0 aliphatic heterocycles. The van der Waals surface area contributed by atoms with Gasteiger partial charge >= 0.3 is 0 Å². The van der Waals surface area contributed by atoms with Crippen molar-refractivity contribution >= 4 is 39.4 Å². The van der Waals surface area contributed by atoms with E-state index in [0.717, 1.165) is 0 Å². The minimum absolute atomic E-state index is 0.0408. The van der Waals surface area contributed by atoms with Gasteiger partial charge < -0.3 is 10.3 Å². The first-order valence-electron chi connectivity index (χ1n) is 10.1. The monoisotopic (exact) mass is 448 g/mol. The topological polar surface area (TPSA) is 88.5 Å². The van der Waals surface area contributed by atoms with Crippen LogP contribution in [0.3, 0.4) is 0 Å². The Balaban J connectivity index is 1.74. The van der Waals surface area contributed by atoms with Crippen LogP contribution in [0.4, 0.5) is 10.2 Å². The lowest BCUT2D eigenvalue weighted by Gasteiger charge is -2.23. The summed E-state index contributed by atoms with van der Waals surface area (Å²) >= 11 is 6.06. The van der Waals surface area contributed by atoms with E-state index >= 15 is 0 Å². The van der Waals surface area contributed by atoms with Crippen molar-refractivity contribution in [2.24, 2.45) is 0 Å². The third-order valence-electron chi connectivity index (χ3n) is 5.41. The van der Waals surface area contributed by atoms with E-state index in [4.69, 9.17) is 11.6 Å². The molecule has 2 aromatic carbocycles. The maximum atomic E-state index is 14.6. The van der Waals surface area contributed by atoms with Gasteiger partial charge in [-0.2, -0.15) is 0 Å². The van der Waals surface area contributed by atoms with Crippen molar-refractivity contribution < 1.29 is 4.39 Å². The summed E-state index contributed by atoms with van der Waals surface area (Å²) < 4.78 is 16.2. The van der Waals surface area contributed by atoms with Crippen molar-refractivity contribution in [1.82, 2.24) is 24.5 Å². The molecule has 0 unspecified atom stereocenters. The van der Waals surface area contributed by atoms with Crippen LogP contribution in [0, 0.1) is 5.82 Å². The molecule has 5 aromatic rings. The lowest BCUT2D eigenvalue weighted by molar-refractivity contribution is 0.635. The molecule has 0 amide bonds. The zero-order valence-corrected chi connectivity index (χ0v) is 17.8. The number of anilines is 1. The first kappa shape index (κ1) is 20.1. The summed E-state index contributed by atoms with van der Waals surface area (Å²) in [5, 5.41) is 4.52. The number of benzene rings is 2. The van der Waals surface area contributed by atoms with Crippen LogP contribution in [0.15, 0.2) is 66.0 Å². The molecule has 0 saturated carbocycles. The van der Waals surface area contributed by atoms with Gasteiger partial charge in [0.15, 0.2) is 11.5 Å². The van der Waals surface area contributed by atoms with Crippen molar-refractivity contribution in [3.05, 3.63) is 88.1 Å². The Kier molecular flexibility index (Phi) is 5.07. The van der Waals surface area contributed by atoms with Crippen molar-refractivity contribution in [3.8, 4) is 5.69 Å². The fourth-order valence-electron chi connectivity index (χ4n) is 3.88. The highest BCUT2D eigenvalue weighted by Crippen LogP contribution is 2.28. The molecule has 0 fully saturated rings. The van der Waals surface area contributed by atoms with Crippen molar-refractivity contribution in [2.45, 2.75) is 19.4 Å². The smallest absolute Gasteiger partial charge is 0.266 e. The van der Waals surface area contributed by atoms with Crippen LogP contribution in [0.2, 0.25) is 5.02 Å². The number of nitrogens with zero attached hydrogens (tertiary/aromatic N) is 4. The average molecular weight is 449 g/mol. The predicted octanol–water partition coefficient (Wildman–Crippen LogP) is 5.01. The lowest BCUT2D eigenvalue weighted by atomic mass is 10.0. The van der Waals surface area contributed by atoms with Crippen LogP contribution in [-0.4, -0.2) is 24.5 Å². The van der Waals surface area contributed by atoms with Gasteiger partial charge in [0.25, 0.3) is 5.56 Å². The molecule has 0 spiro atoms. The number of rotatable bonds is 5. The molecular weight excluding hydrogens is 431 g/mol. The second-order valence-electron chi connectivity index (χ2n) is 7.32. The number of aromatic amines is 1. The number of imidazole rings is 1. The zero-order valence-electron chi connectivity index (χ0n) is 17.0. The molecule has 32 heavy (non-hydrogen) atoms. The third kappa shape index (κ3) is 3.38. The molecule has 0 aliphatic carbocycles. The van der Waals surface area contributed by atoms with Crippen molar-refractivity contribution in [3.63, 3.8) is 0 Å². The van der Waals surface area contributed by atoms with Gasteiger partial charge in [0.2, 0.25) is 0 Å². The Morgan fingerprint density at radius 2 is 1.97 bits per heavy atom. The van der Waals surface area contributed by atoms with Gasteiger partial charge in [0.05, 0.1) is 17.8 Å². The molecule has 0 bridgehead atoms. The van der Waals surface area contributed by atoms with Crippen LogP contribution in [0.5, 0.6) is 0 Å². The number of fused-ring (bicyclic) bond motifs is 2. The van der Waals surface area contributed by atoms with E-state index in [1.165, 1.54) is 17.0 Å². The Labute approximate surface area is 186 Å². The third-order valence-corrected chi connectivity index (χ3v) is 5.66. The highest BCUT2D eigenvalue weighted by atomic mass is 35.5. The highest BCUT2D eigenvalue weighted by Gasteiger charge is 2.21. The molecule has 2 N–H and O–H groups in total. The minimum atomic E-state index is -0.558. The molecule has 5 rings (SSSR count). The number of pyridine rings is 1. The van der Waals surface area contributed by atoms with Gasteiger partial charge in [-0.05, 0) is 48.2 Å². The molecule has 7 nitrogen and oxygen atoms in total.